The summed E-state index contributed by atoms with van der Waals surface area (Å²) in [5.74, 6) is -0.143. The van der Waals surface area contributed by atoms with Crippen molar-refractivity contribution in [3.8, 4) is 11.5 Å². The van der Waals surface area contributed by atoms with Gasteiger partial charge in [0.2, 0.25) is 0 Å². The number of nitrogens with zero attached hydrogens (tertiary/aromatic N) is 2. The molecule has 0 bridgehead atoms. The van der Waals surface area contributed by atoms with E-state index in [-0.39, 0.29) is 29.2 Å². The Morgan fingerprint density at radius 3 is 2.81 bits per heavy atom. The number of aryl methyl sites for hydroxylation is 1. The predicted molar refractivity (Wildman–Crippen MR) is 102 cm³/mol. The lowest BCUT2D eigenvalue weighted by Crippen LogP contribution is -2.33. The van der Waals surface area contributed by atoms with E-state index in [1.54, 1.807) is 0 Å². The Morgan fingerprint density at radius 2 is 2.13 bits per heavy atom. The lowest BCUT2D eigenvalue weighted by molar-refractivity contribution is -0.384. The van der Waals surface area contributed by atoms with Gasteiger partial charge < -0.3 is 24.1 Å². The van der Waals surface area contributed by atoms with Gasteiger partial charge in [-0.1, -0.05) is 0 Å². The van der Waals surface area contributed by atoms with E-state index in [0.717, 1.165) is 10.6 Å². The first kappa shape index (κ1) is 22.0. The Kier molecular flexibility index (Phi) is 6.36. The van der Waals surface area contributed by atoms with Crippen molar-refractivity contribution in [3.05, 3.63) is 60.9 Å². The number of hydrogen-bond donors (Lipinski definition) is 2. The van der Waals surface area contributed by atoms with Gasteiger partial charge in [-0.05, 0) is 13.0 Å². The molecule has 0 amide bonds. The van der Waals surface area contributed by atoms with Crippen LogP contribution in [0, 0.1) is 17.0 Å². The van der Waals surface area contributed by atoms with Crippen molar-refractivity contribution in [2.75, 3.05) is 13.7 Å². The van der Waals surface area contributed by atoms with Crippen LogP contribution < -0.4 is 20.7 Å². The third-order valence-electron chi connectivity index (χ3n) is 4.58. The highest BCUT2D eigenvalue weighted by molar-refractivity contribution is 5.66. The summed E-state index contributed by atoms with van der Waals surface area (Å²) in [4.78, 5) is 47.8. The number of aromatic nitrogens is 2. The standard InChI is InChI=1S/C18H19N3O10/c1-9-7-20(17(24)19-16(9)23)15-6-11(22)14(30-15)8-29-18(25)31-13-5-10(21(26)27)3-4-12(13)28-2/h3-5,7,11,14-15,22H,6,8H2,1-2H3,(H,19,23,24). The lowest BCUT2D eigenvalue weighted by atomic mass is 10.2. The highest BCUT2D eigenvalue weighted by atomic mass is 16.7. The zero-order valence-corrected chi connectivity index (χ0v) is 16.5. The second-order valence-electron chi connectivity index (χ2n) is 6.67. The van der Waals surface area contributed by atoms with Crippen LogP contribution in [0.15, 0.2) is 34.0 Å². The summed E-state index contributed by atoms with van der Waals surface area (Å²) < 4.78 is 21.6. The summed E-state index contributed by atoms with van der Waals surface area (Å²) in [7, 11) is 1.29. The van der Waals surface area contributed by atoms with Gasteiger partial charge in [0, 0.05) is 24.2 Å². The van der Waals surface area contributed by atoms with E-state index in [1.807, 2.05) is 0 Å². The second kappa shape index (κ2) is 8.97. The SMILES string of the molecule is COc1ccc([N+](=O)[O-])cc1OC(=O)OCC1OC(n2cc(C)c(=O)[nH]c2=O)CC1O. The number of H-pyrrole nitrogens is 1. The summed E-state index contributed by atoms with van der Waals surface area (Å²) in [6, 6.07) is 3.45. The van der Waals surface area contributed by atoms with Gasteiger partial charge in [0.15, 0.2) is 11.5 Å². The molecule has 0 saturated carbocycles. The van der Waals surface area contributed by atoms with E-state index in [1.165, 1.54) is 32.4 Å². The molecule has 0 spiro atoms. The fourth-order valence-electron chi connectivity index (χ4n) is 2.96. The normalized spacial score (nSPS) is 20.3. The van der Waals surface area contributed by atoms with E-state index in [9.17, 15) is 29.6 Å². The van der Waals surface area contributed by atoms with E-state index in [0.29, 0.717) is 0 Å². The molecule has 1 aliphatic heterocycles. The maximum atomic E-state index is 12.0. The molecule has 3 atom stereocenters. The van der Waals surface area contributed by atoms with Crippen molar-refractivity contribution in [1.29, 1.82) is 0 Å². The summed E-state index contributed by atoms with van der Waals surface area (Å²) in [6.45, 7) is 1.10. The number of rotatable bonds is 6. The second-order valence-corrected chi connectivity index (χ2v) is 6.67. The minimum Gasteiger partial charge on any atom is -0.493 e. The predicted octanol–water partition coefficient (Wildman–Crippen LogP) is 0.626. The van der Waals surface area contributed by atoms with Crippen molar-refractivity contribution in [2.45, 2.75) is 31.8 Å². The van der Waals surface area contributed by atoms with Gasteiger partial charge in [-0.15, -0.1) is 0 Å². The molecule has 13 nitrogen and oxygen atoms in total. The number of aliphatic hydroxyl groups excluding tert-OH is 1. The molecule has 0 aliphatic carbocycles. The van der Waals surface area contributed by atoms with Crippen LogP contribution in [0.25, 0.3) is 0 Å². The van der Waals surface area contributed by atoms with Gasteiger partial charge in [0.05, 0.1) is 24.2 Å². The molecule has 0 radical (unpaired) electrons. The Balaban J connectivity index is 1.63. The van der Waals surface area contributed by atoms with Gasteiger partial charge in [-0.3, -0.25) is 24.5 Å². The minimum atomic E-state index is -1.20. The number of hydrogen-bond acceptors (Lipinski definition) is 10. The minimum absolute atomic E-state index is 0.0210. The van der Waals surface area contributed by atoms with Crippen LogP contribution in [0.4, 0.5) is 10.5 Å². The Hall–Kier alpha value is -3.71. The molecule has 2 aromatic rings. The van der Waals surface area contributed by atoms with Crippen LogP contribution >= 0.6 is 0 Å². The van der Waals surface area contributed by atoms with E-state index < -0.39 is 47.4 Å². The van der Waals surface area contributed by atoms with Crippen LogP contribution in [-0.2, 0) is 9.47 Å². The van der Waals surface area contributed by atoms with Crippen molar-refractivity contribution in [2.24, 2.45) is 0 Å². The van der Waals surface area contributed by atoms with Gasteiger partial charge >= 0.3 is 11.8 Å². The maximum Gasteiger partial charge on any atom is 0.514 e. The molecule has 1 aromatic heterocycles. The number of aromatic amines is 1. The van der Waals surface area contributed by atoms with Crippen LogP contribution in [0.1, 0.15) is 18.2 Å². The summed E-state index contributed by atoms with van der Waals surface area (Å²) >= 11 is 0. The number of ether oxygens (including phenoxy) is 4. The van der Waals surface area contributed by atoms with Crippen LogP contribution in [0.5, 0.6) is 11.5 Å². The molecule has 1 aromatic carbocycles. The topological polar surface area (TPSA) is 172 Å². The molecule has 1 aliphatic rings. The van der Waals surface area contributed by atoms with Crippen molar-refractivity contribution in [1.82, 2.24) is 9.55 Å². The number of benzene rings is 1. The largest absolute Gasteiger partial charge is 0.514 e. The Labute approximate surface area is 173 Å². The van der Waals surface area contributed by atoms with Gasteiger partial charge in [-0.2, -0.15) is 0 Å². The van der Waals surface area contributed by atoms with Gasteiger partial charge in [-0.25, -0.2) is 9.59 Å². The smallest absolute Gasteiger partial charge is 0.493 e. The number of non-ortho nitro benzene ring substituents is 1. The number of carbonyl (C=O) groups excluding carboxylic acids is 1. The maximum absolute atomic E-state index is 12.0. The molecule has 3 rings (SSSR count). The monoisotopic (exact) mass is 437 g/mol. The van der Waals surface area contributed by atoms with Crippen LogP contribution in [-0.4, -0.2) is 51.7 Å². The number of carbonyl (C=O) groups is 1. The molecule has 166 valence electrons. The third kappa shape index (κ3) is 4.90. The van der Waals surface area contributed by atoms with Gasteiger partial charge in [0.1, 0.15) is 18.9 Å². The molecule has 3 unspecified atom stereocenters. The van der Waals surface area contributed by atoms with Gasteiger partial charge in [0.25, 0.3) is 11.2 Å². The molecule has 1 fully saturated rings. The molecule has 13 heteroatoms. The van der Waals surface area contributed by atoms with Crippen molar-refractivity contribution >= 4 is 11.8 Å². The molecule has 31 heavy (non-hydrogen) atoms. The number of nitro benzene ring substituents is 1. The van der Waals surface area contributed by atoms with Crippen LogP contribution in [0.3, 0.4) is 0 Å². The van der Waals surface area contributed by atoms with Crippen LogP contribution in [0.2, 0.25) is 0 Å². The summed E-state index contributed by atoms with van der Waals surface area (Å²) in [6.07, 6.45) is -2.78. The average molecular weight is 437 g/mol. The summed E-state index contributed by atoms with van der Waals surface area (Å²) in [5.41, 5.74) is -1.26. The first-order valence-corrected chi connectivity index (χ1v) is 9.02. The first-order chi connectivity index (χ1) is 14.7. The molecular weight excluding hydrogens is 418 g/mol. The fourth-order valence-corrected chi connectivity index (χ4v) is 2.96. The fraction of sp³-hybridized carbons (Fsp3) is 0.389. The van der Waals surface area contributed by atoms with Crippen molar-refractivity contribution in [3.63, 3.8) is 0 Å². The molecule has 2 heterocycles. The molecular formula is C18H19N3O10. The number of nitro groups is 1. The van der Waals surface area contributed by atoms with E-state index in [2.05, 4.69) is 4.98 Å². The number of aliphatic hydroxyl groups is 1. The van der Waals surface area contributed by atoms with E-state index >= 15 is 0 Å². The quantitative estimate of drug-likeness (QED) is 0.282. The number of nitrogens with one attached hydrogen (secondary N) is 1. The zero-order valence-electron chi connectivity index (χ0n) is 16.5. The third-order valence-corrected chi connectivity index (χ3v) is 4.58. The number of methoxy groups -OCH3 is 1. The lowest BCUT2D eigenvalue weighted by Gasteiger charge is -2.16. The highest BCUT2D eigenvalue weighted by Gasteiger charge is 2.36. The zero-order chi connectivity index (χ0) is 22.7. The van der Waals surface area contributed by atoms with Crippen molar-refractivity contribution < 1.29 is 33.8 Å². The Morgan fingerprint density at radius 1 is 1.39 bits per heavy atom. The molecule has 1 saturated heterocycles. The first-order valence-electron chi connectivity index (χ1n) is 9.02. The van der Waals surface area contributed by atoms with E-state index in [4.69, 9.17) is 18.9 Å². The summed E-state index contributed by atoms with van der Waals surface area (Å²) in [5, 5.41) is 21.1. The molecule has 2 N–H and O–H groups in total. The highest BCUT2D eigenvalue weighted by Crippen LogP contribution is 2.32. The average Bonchev–Trinajstić information content (AvgIpc) is 3.09. The Bertz CT molecular complexity index is 1110.